The average molecular weight is 465 g/mol. The van der Waals surface area contributed by atoms with E-state index < -0.39 is 4.92 Å². The number of hydrogen-bond acceptors (Lipinski definition) is 6. The van der Waals surface area contributed by atoms with Gasteiger partial charge < -0.3 is 19.4 Å². The lowest BCUT2D eigenvalue weighted by Crippen LogP contribution is -2.37. The second-order valence-electron chi connectivity index (χ2n) is 8.32. The summed E-state index contributed by atoms with van der Waals surface area (Å²) < 4.78 is 11.8. The molecule has 1 aliphatic heterocycles. The smallest absolute Gasteiger partial charge is 0.273 e. The van der Waals surface area contributed by atoms with Crippen LogP contribution in [0.25, 0.3) is 11.3 Å². The number of benzene rings is 1. The number of furan rings is 1. The van der Waals surface area contributed by atoms with E-state index in [4.69, 9.17) is 21.4 Å². The number of nitrogens with zero attached hydrogens (tertiary/aromatic N) is 3. The first-order valence-electron chi connectivity index (χ1n) is 11.0. The molecule has 0 bridgehead atoms. The second-order valence-corrected chi connectivity index (χ2v) is 8.70. The predicted octanol–water partition coefficient (Wildman–Crippen LogP) is 5.17. The first kappa shape index (κ1) is 21.4. The number of non-ortho nitro benzene ring substituents is 1. The Morgan fingerprint density at radius 1 is 1.21 bits per heavy atom. The summed E-state index contributed by atoms with van der Waals surface area (Å²) in [5, 5.41) is 15.3. The minimum absolute atomic E-state index is 0.0321. The zero-order valence-corrected chi connectivity index (χ0v) is 19.0. The van der Waals surface area contributed by atoms with Crippen LogP contribution in [0.3, 0.4) is 0 Å². The van der Waals surface area contributed by atoms with Crippen molar-refractivity contribution < 1.29 is 14.1 Å². The van der Waals surface area contributed by atoms with E-state index >= 15 is 0 Å². The molecule has 0 unspecified atom stereocenters. The Kier molecular flexibility index (Phi) is 5.72. The fourth-order valence-corrected chi connectivity index (χ4v) is 5.29. The van der Waals surface area contributed by atoms with Crippen LogP contribution in [0.4, 0.5) is 5.69 Å². The van der Waals surface area contributed by atoms with Crippen molar-refractivity contribution in [1.82, 2.24) is 15.2 Å². The molecule has 3 heterocycles. The highest BCUT2D eigenvalue weighted by Gasteiger charge is 2.45. The van der Waals surface area contributed by atoms with Gasteiger partial charge in [-0.25, -0.2) is 0 Å². The Morgan fingerprint density at radius 3 is 2.73 bits per heavy atom. The Morgan fingerprint density at radius 2 is 2.03 bits per heavy atom. The molecule has 0 radical (unpaired) electrons. The summed E-state index contributed by atoms with van der Waals surface area (Å²) in [5.41, 5.74) is 1.52. The van der Waals surface area contributed by atoms with Gasteiger partial charge in [0.15, 0.2) is 5.11 Å². The summed E-state index contributed by atoms with van der Waals surface area (Å²) in [4.78, 5) is 17.6. The molecular formula is C24H24N4O4S. The molecule has 1 saturated heterocycles. The number of nitrogens with one attached hydrogen (secondary N) is 1. The number of aromatic nitrogens is 1. The summed E-state index contributed by atoms with van der Waals surface area (Å²) in [7, 11) is 1.49. The number of rotatable bonds is 6. The molecule has 3 aromatic rings. The lowest BCUT2D eigenvalue weighted by molar-refractivity contribution is -0.384. The lowest BCUT2D eigenvalue weighted by atomic mass is 10.0. The summed E-state index contributed by atoms with van der Waals surface area (Å²) >= 11 is 5.77. The SMILES string of the molecule is COc1cc([N+](=O)[O-])ccc1-c1ccc([C@H]2[C@H](c3ccccn3)NC(=S)N2C2CCCC2)o1. The number of nitro benzene ring substituents is 1. The number of ether oxygens (including phenoxy) is 1. The zero-order valence-electron chi connectivity index (χ0n) is 18.1. The quantitative estimate of drug-likeness (QED) is 0.303. The normalized spacial score (nSPS) is 20.8. The molecule has 1 N–H and O–H groups in total. The molecule has 9 heteroatoms. The van der Waals surface area contributed by atoms with Crippen molar-refractivity contribution in [2.45, 2.75) is 43.8 Å². The van der Waals surface area contributed by atoms with Gasteiger partial charge in [-0.1, -0.05) is 18.9 Å². The molecule has 1 aliphatic carbocycles. The van der Waals surface area contributed by atoms with Gasteiger partial charge in [0, 0.05) is 18.3 Å². The molecule has 5 rings (SSSR count). The van der Waals surface area contributed by atoms with Gasteiger partial charge in [0.05, 0.1) is 35.4 Å². The highest BCUT2D eigenvalue weighted by atomic mass is 32.1. The highest BCUT2D eigenvalue weighted by molar-refractivity contribution is 7.80. The van der Waals surface area contributed by atoms with Crippen LogP contribution in [0.1, 0.15) is 49.2 Å². The molecule has 8 nitrogen and oxygen atoms in total. The van der Waals surface area contributed by atoms with E-state index in [1.165, 1.54) is 32.1 Å². The van der Waals surface area contributed by atoms with Crippen LogP contribution in [0.15, 0.2) is 59.1 Å². The Bertz CT molecular complexity index is 1180. The third-order valence-electron chi connectivity index (χ3n) is 6.43. The summed E-state index contributed by atoms with van der Waals surface area (Å²) in [6, 6.07) is 14.3. The monoisotopic (exact) mass is 464 g/mol. The Labute approximate surface area is 196 Å². The summed E-state index contributed by atoms with van der Waals surface area (Å²) in [6.45, 7) is 0. The fraction of sp³-hybridized carbons (Fsp3) is 0.333. The third-order valence-corrected chi connectivity index (χ3v) is 6.76. The van der Waals surface area contributed by atoms with Crippen LogP contribution < -0.4 is 10.1 Å². The van der Waals surface area contributed by atoms with Crippen molar-refractivity contribution >= 4 is 23.0 Å². The fourth-order valence-electron chi connectivity index (χ4n) is 4.90. The number of hydrogen-bond donors (Lipinski definition) is 1. The first-order valence-corrected chi connectivity index (χ1v) is 11.4. The Balaban J connectivity index is 1.55. The second kappa shape index (κ2) is 8.82. The lowest BCUT2D eigenvalue weighted by Gasteiger charge is -2.31. The van der Waals surface area contributed by atoms with E-state index in [0.29, 0.717) is 28.2 Å². The average Bonchev–Trinajstić information content (AvgIpc) is 3.58. The van der Waals surface area contributed by atoms with Crippen LogP contribution >= 0.6 is 12.2 Å². The molecule has 33 heavy (non-hydrogen) atoms. The van der Waals surface area contributed by atoms with Gasteiger partial charge in [0.25, 0.3) is 5.69 Å². The van der Waals surface area contributed by atoms with Gasteiger partial charge in [-0.15, -0.1) is 0 Å². The summed E-state index contributed by atoms with van der Waals surface area (Å²) in [6.07, 6.45) is 6.35. The van der Waals surface area contributed by atoms with Crippen molar-refractivity contribution in [1.29, 1.82) is 0 Å². The van der Waals surface area contributed by atoms with Gasteiger partial charge in [0.1, 0.15) is 23.3 Å². The molecule has 0 spiro atoms. The number of methoxy groups -OCH3 is 1. The third kappa shape index (κ3) is 3.93. The van der Waals surface area contributed by atoms with E-state index in [2.05, 4.69) is 15.2 Å². The molecule has 170 valence electrons. The molecule has 2 atom stereocenters. The van der Waals surface area contributed by atoms with E-state index in [1.807, 2.05) is 30.3 Å². The minimum atomic E-state index is -0.443. The van der Waals surface area contributed by atoms with Crippen molar-refractivity contribution in [3.63, 3.8) is 0 Å². The maximum Gasteiger partial charge on any atom is 0.273 e. The zero-order chi connectivity index (χ0) is 22.9. The molecule has 2 fully saturated rings. The van der Waals surface area contributed by atoms with Gasteiger partial charge in [-0.05, 0) is 55.4 Å². The minimum Gasteiger partial charge on any atom is -0.496 e. The van der Waals surface area contributed by atoms with Crippen LogP contribution in [0, 0.1) is 10.1 Å². The standard InChI is InChI=1S/C24H24N4O4S/c1-31-21-14-16(28(29)30)9-10-17(21)19-11-12-20(32-19)23-22(18-8-4-5-13-25-18)26-24(33)27(23)15-6-2-3-7-15/h4-5,8-15,22-23H,2-3,6-7H2,1H3,(H,26,33)/t22-,23-/m0/s1. The summed E-state index contributed by atoms with van der Waals surface area (Å²) in [5.74, 6) is 1.74. The van der Waals surface area contributed by atoms with E-state index in [-0.39, 0.29) is 17.8 Å². The van der Waals surface area contributed by atoms with Gasteiger partial charge in [0.2, 0.25) is 0 Å². The molecule has 2 aliphatic rings. The Hall–Kier alpha value is -3.46. The number of nitro groups is 1. The molecule has 0 amide bonds. The van der Waals surface area contributed by atoms with Crippen molar-refractivity contribution in [2.75, 3.05) is 7.11 Å². The van der Waals surface area contributed by atoms with Crippen LogP contribution in [-0.4, -0.2) is 33.1 Å². The molecule has 1 aromatic carbocycles. The van der Waals surface area contributed by atoms with Crippen LogP contribution in [-0.2, 0) is 0 Å². The van der Waals surface area contributed by atoms with E-state index in [9.17, 15) is 10.1 Å². The molecule has 1 saturated carbocycles. The number of thiocarbonyl (C=S) groups is 1. The van der Waals surface area contributed by atoms with Crippen molar-refractivity contribution in [3.8, 4) is 17.1 Å². The van der Waals surface area contributed by atoms with E-state index in [0.717, 1.165) is 24.3 Å². The predicted molar refractivity (Wildman–Crippen MR) is 127 cm³/mol. The van der Waals surface area contributed by atoms with Gasteiger partial charge in [-0.2, -0.15) is 0 Å². The van der Waals surface area contributed by atoms with Crippen molar-refractivity contribution in [3.05, 3.63) is 76.3 Å². The molecule has 2 aromatic heterocycles. The van der Waals surface area contributed by atoms with Gasteiger partial charge >= 0.3 is 0 Å². The first-order chi connectivity index (χ1) is 16.1. The molecular weight excluding hydrogens is 440 g/mol. The van der Waals surface area contributed by atoms with Crippen LogP contribution in [0.5, 0.6) is 5.75 Å². The largest absolute Gasteiger partial charge is 0.496 e. The number of pyridine rings is 1. The maximum atomic E-state index is 11.2. The van der Waals surface area contributed by atoms with Gasteiger partial charge in [-0.3, -0.25) is 15.1 Å². The van der Waals surface area contributed by atoms with Crippen molar-refractivity contribution in [2.24, 2.45) is 0 Å². The topological polar surface area (TPSA) is 93.7 Å². The van der Waals surface area contributed by atoms with E-state index in [1.54, 1.807) is 12.3 Å². The van der Waals surface area contributed by atoms with Crippen LogP contribution in [0.2, 0.25) is 0 Å². The highest BCUT2D eigenvalue weighted by Crippen LogP contribution is 2.44. The maximum absolute atomic E-state index is 11.2.